The van der Waals surface area contributed by atoms with Crippen LogP contribution in [-0.4, -0.2) is 6.71 Å². The Labute approximate surface area is 389 Å². The molecule has 316 valence electrons. The third-order valence-corrected chi connectivity index (χ3v) is 14.9. The zero-order valence-corrected chi connectivity index (χ0v) is 37.6. The fourth-order valence-electron chi connectivity index (χ4n) is 11.8. The van der Waals surface area contributed by atoms with Crippen LogP contribution < -0.4 is 26.2 Å². The topological polar surface area (TPSA) is 6.48 Å². The van der Waals surface area contributed by atoms with E-state index >= 15 is 0 Å². The van der Waals surface area contributed by atoms with Gasteiger partial charge in [-0.25, -0.2) is 0 Å². The maximum Gasteiger partial charge on any atom is 0.252 e. The summed E-state index contributed by atoms with van der Waals surface area (Å²) in [5.41, 5.74) is 29.0. The minimum atomic E-state index is 0.0874. The molecule has 66 heavy (non-hydrogen) atoms. The van der Waals surface area contributed by atoms with Gasteiger partial charge in [-0.3, -0.25) is 0 Å². The van der Waals surface area contributed by atoms with Gasteiger partial charge in [-0.1, -0.05) is 133 Å². The zero-order chi connectivity index (χ0) is 43.7. The molecule has 0 radical (unpaired) electrons. The van der Waals surface area contributed by atoms with Gasteiger partial charge in [0, 0.05) is 34.1 Å². The van der Waals surface area contributed by atoms with Crippen LogP contribution in [0.4, 0.5) is 34.1 Å². The number of nitrogens with zero attached hydrogens (tertiary/aromatic N) is 2. The van der Waals surface area contributed by atoms with Crippen LogP contribution in [0, 0.1) is 6.92 Å². The molecule has 13 rings (SSSR count). The van der Waals surface area contributed by atoms with E-state index in [4.69, 9.17) is 0 Å². The van der Waals surface area contributed by atoms with Crippen LogP contribution in [-0.2, 0) is 25.7 Å². The molecular formula is C63H51BN2. The summed E-state index contributed by atoms with van der Waals surface area (Å²) in [5.74, 6) is 0. The SMILES string of the molecule is Cc1cc2c3c(c1)N(c1cc(-c4ccccc4)cc(-c4ccccc4)c1)c1cc4c(cc1B3c1cc3c(cc1N2c1cc(-c2ccccc2)cc(-c2ccccc2)c1)CCCC3)CCCC4. The van der Waals surface area contributed by atoms with Crippen LogP contribution in [0.25, 0.3) is 44.5 Å². The van der Waals surface area contributed by atoms with Gasteiger partial charge in [0.2, 0.25) is 0 Å². The Balaban J connectivity index is 1.12. The van der Waals surface area contributed by atoms with Crippen molar-refractivity contribution in [3.8, 4) is 44.5 Å². The van der Waals surface area contributed by atoms with Gasteiger partial charge in [0.25, 0.3) is 6.71 Å². The van der Waals surface area contributed by atoms with Gasteiger partial charge in [-0.05, 0) is 208 Å². The first-order valence-corrected chi connectivity index (χ1v) is 24.2. The molecule has 2 heterocycles. The van der Waals surface area contributed by atoms with E-state index in [1.54, 1.807) is 0 Å². The average Bonchev–Trinajstić information content (AvgIpc) is 3.38. The molecule has 0 spiro atoms. The molecular weight excluding hydrogens is 796 g/mol. The van der Waals surface area contributed by atoms with Crippen LogP contribution in [0.3, 0.4) is 0 Å². The highest BCUT2D eigenvalue weighted by atomic mass is 15.2. The molecule has 3 heteroatoms. The first-order chi connectivity index (χ1) is 32.6. The van der Waals surface area contributed by atoms with Crippen LogP contribution in [0.1, 0.15) is 53.5 Å². The molecule has 4 aliphatic rings. The molecule has 0 aromatic heterocycles. The first kappa shape index (κ1) is 39.0. The van der Waals surface area contributed by atoms with E-state index in [1.165, 1.54) is 149 Å². The van der Waals surface area contributed by atoms with E-state index in [0.717, 1.165) is 25.7 Å². The Kier molecular flexibility index (Phi) is 9.44. The number of benzene rings is 9. The summed E-state index contributed by atoms with van der Waals surface area (Å²) in [6.45, 7) is 2.39. The van der Waals surface area contributed by atoms with Crippen molar-refractivity contribution < 1.29 is 0 Å². The second-order valence-electron chi connectivity index (χ2n) is 19.1. The monoisotopic (exact) mass is 846 g/mol. The molecule has 0 saturated heterocycles. The minimum absolute atomic E-state index is 0.0874. The van der Waals surface area contributed by atoms with Crippen molar-refractivity contribution in [2.45, 2.75) is 58.3 Å². The van der Waals surface area contributed by atoms with Gasteiger partial charge in [0.05, 0.1) is 0 Å². The lowest BCUT2D eigenvalue weighted by atomic mass is 9.33. The summed E-state index contributed by atoms with van der Waals surface area (Å²) >= 11 is 0. The maximum atomic E-state index is 2.66. The van der Waals surface area contributed by atoms with Crippen molar-refractivity contribution >= 4 is 57.2 Å². The Morgan fingerprint density at radius 3 is 0.970 bits per heavy atom. The molecule has 9 aromatic carbocycles. The lowest BCUT2D eigenvalue weighted by Crippen LogP contribution is -2.61. The highest BCUT2D eigenvalue weighted by Crippen LogP contribution is 2.48. The fraction of sp³-hybridized carbons (Fsp3) is 0.143. The number of anilines is 6. The molecule has 0 N–H and O–H groups in total. The van der Waals surface area contributed by atoms with Gasteiger partial charge in [0.1, 0.15) is 0 Å². The second-order valence-corrected chi connectivity index (χ2v) is 19.1. The standard InChI is InChI=1S/C63H51BN2/c1-42-30-61-63-62(31-42)66(56-36-53(45-22-10-4-11-23-45)33-54(37-56)46-24-12-5-13-25-46)60-41-50-29-17-15-27-48(50)39-58(60)64(63)57-38-47-26-14-16-28-49(47)40-59(57)65(61)55-34-51(43-18-6-2-7-19-43)32-52(35-55)44-20-8-3-9-21-44/h2-13,18-25,30-41H,14-17,26-29H2,1H3. The molecule has 9 aromatic rings. The number of aryl methyl sites for hydroxylation is 5. The number of hydrogen-bond acceptors (Lipinski definition) is 2. The number of hydrogen-bond donors (Lipinski definition) is 0. The quantitative estimate of drug-likeness (QED) is 0.154. The Bertz CT molecular complexity index is 2990. The summed E-state index contributed by atoms with van der Waals surface area (Å²) in [6, 6.07) is 73.8. The van der Waals surface area contributed by atoms with Gasteiger partial charge in [-0.15, -0.1) is 0 Å². The van der Waals surface area contributed by atoms with Crippen molar-refractivity contribution in [3.05, 3.63) is 222 Å². The maximum absolute atomic E-state index is 2.66. The predicted molar refractivity (Wildman–Crippen MR) is 280 cm³/mol. The summed E-state index contributed by atoms with van der Waals surface area (Å²) < 4.78 is 0. The normalized spacial score (nSPS) is 14.5. The van der Waals surface area contributed by atoms with E-state index in [0.29, 0.717) is 0 Å². The third kappa shape index (κ3) is 6.63. The van der Waals surface area contributed by atoms with Crippen molar-refractivity contribution in [2.24, 2.45) is 0 Å². The molecule has 2 nitrogen and oxygen atoms in total. The molecule has 0 atom stereocenters. The molecule has 0 fully saturated rings. The zero-order valence-electron chi connectivity index (χ0n) is 37.6. The van der Waals surface area contributed by atoms with E-state index < -0.39 is 0 Å². The van der Waals surface area contributed by atoms with Crippen molar-refractivity contribution in [1.82, 2.24) is 0 Å². The van der Waals surface area contributed by atoms with Gasteiger partial charge < -0.3 is 9.80 Å². The number of fused-ring (bicyclic) bond motifs is 6. The molecule has 0 saturated carbocycles. The summed E-state index contributed by atoms with van der Waals surface area (Å²) in [4.78, 5) is 5.31. The lowest BCUT2D eigenvalue weighted by Gasteiger charge is -2.45. The van der Waals surface area contributed by atoms with E-state index in [-0.39, 0.29) is 6.71 Å². The highest BCUT2D eigenvalue weighted by molar-refractivity contribution is 7.00. The molecule has 0 unspecified atom stereocenters. The summed E-state index contributed by atoms with van der Waals surface area (Å²) in [7, 11) is 0. The Morgan fingerprint density at radius 2 is 0.636 bits per heavy atom. The average molecular weight is 847 g/mol. The van der Waals surface area contributed by atoms with Crippen molar-refractivity contribution in [1.29, 1.82) is 0 Å². The first-order valence-electron chi connectivity index (χ1n) is 24.2. The van der Waals surface area contributed by atoms with Crippen LogP contribution in [0.2, 0.25) is 0 Å². The minimum Gasteiger partial charge on any atom is -0.311 e. The van der Waals surface area contributed by atoms with Crippen LogP contribution >= 0.6 is 0 Å². The second kappa shape index (κ2) is 16.0. The molecule has 0 amide bonds. The van der Waals surface area contributed by atoms with Gasteiger partial charge in [0.15, 0.2) is 0 Å². The number of rotatable bonds is 6. The van der Waals surface area contributed by atoms with E-state index in [9.17, 15) is 0 Å². The Morgan fingerprint density at radius 1 is 0.318 bits per heavy atom. The van der Waals surface area contributed by atoms with E-state index in [1.807, 2.05) is 0 Å². The van der Waals surface area contributed by atoms with Crippen molar-refractivity contribution in [2.75, 3.05) is 9.80 Å². The molecule has 0 bridgehead atoms. The fourth-order valence-corrected chi connectivity index (χ4v) is 11.8. The lowest BCUT2D eigenvalue weighted by molar-refractivity contribution is 0.686. The molecule has 2 aliphatic heterocycles. The smallest absolute Gasteiger partial charge is 0.252 e. The van der Waals surface area contributed by atoms with Gasteiger partial charge >= 0.3 is 0 Å². The predicted octanol–water partition coefficient (Wildman–Crippen LogP) is 14.5. The largest absolute Gasteiger partial charge is 0.311 e. The Hall–Kier alpha value is -7.36. The van der Waals surface area contributed by atoms with E-state index in [2.05, 4.69) is 211 Å². The van der Waals surface area contributed by atoms with Gasteiger partial charge in [-0.2, -0.15) is 0 Å². The summed E-state index contributed by atoms with van der Waals surface area (Å²) in [6.07, 6.45) is 9.53. The summed E-state index contributed by atoms with van der Waals surface area (Å²) in [5, 5.41) is 0. The third-order valence-electron chi connectivity index (χ3n) is 14.9. The van der Waals surface area contributed by atoms with Crippen molar-refractivity contribution in [3.63, 3.8) is 0 Å². The molecule has 2 aliphatic carbocycles. The highest BCUT2D eigenvalue weighted by Gasteiger charge is 2.44. The van der Waals surface area contributed by atoms with Crippen LogP contribution in [0.15, 0.2) is 194 Å². The van der Waals surface area contributed by atoms with Crippen LogP contribution in [0.5, 0.6) is 0 Å².